The van der Waals surface area contributed by atoms with Crippen LogP contribution >= 0.6 is 22.7 Å². The Balaban J connectivity index is 1.62. The molecule has 2 aromatic heterocycles. The SMILES string of the molecule is Cc1c(C(=O)OCC(=O)N(C)Cc2ccsc2)sc2ccccc12. The number of benzene rings is 1. The zero-order valence-corrected chi connectivity index (χ0v) is 15.1. The lowest BCUT2D eigenvalue weighted by Crippen LogP contribution is -2.30. The van der Waals surface area contributed by atoms with Crippen molar-refractivity contribution in [2.45, 2.75) is 13.5 Å². The molecule has 0 N–H and O–H groups in total. The van der Waals surface area contributed by atoms with Crippen LogP contribution in [0.1, 0.15) is 20.8 Å². The minimum Gasteiger partial charge on any atom is -0.451 e. The van der Waals surface area contributed by atoms with Gasteiger partial charge in [-0.15, -0.1) is 11.3 Å². The lowest BCUT2D eigenvalue weighted by atomic mass is 10.1. The summed E-state index contributed by atoms with van der Waals surface area (Å²) < 4.78 is 6.27. The van der Waals surface area contributed by atoms with Crippen molar-refractivity contribution < 1.29 is 14.3 Å². The van der Waals surface area contributed by atoms with Crippen molar-refractivity contribution >= 4 is 44.6 Å². The van der Waals surface area contributed by atoms with E-state index in [1.807, 2.05) is 48.0 Å². The van der Waals surface area contributed by atoms with Gasteiger partial charge in [-0.2, -0.15) is 11.3 Å². The smallest absolute Gasteiger partial charge is 0.349 e. The van der Waals surface area contributed by atoms with Gasteiger partial charge >= 0.3 is 5.97 Å². The van der Waals surface area contributed by atoms with E-state index in [0.29, 0.717) is 11.4 Å². The molecule has 0 atom stereocenters. The molecule has 0 aliphatic heterocycles. The first-order valence-electron chi connectivity index (χ1n) is 7.46. The second kappa shape index (κ2) is 7.15. The molecule has 0 saturated heterocycles. The number of thiophene rings is 2. The second-order valence-electron chi connectivity index (χ2n) is 5.51. The van der Waals surface area contributed by atoms with Crippen LogP contribution in [0.25, 0.3) is 10.1 Å². The Kier molecular flexibility index (Phi) is 4.97. The fourth-order valence-electron chi connectivity index (χ4n) is 2.42. The quantitative estimate of drug-likeness (QED) is 0.645. The van der Waals surface area contributed by atoms with E-state index in [1.165, 1.54) is 11.3 Å². The minimum absolute atomic E-state index is 0.215. The van der Waals surface area contributed by atoms with E-state index in [2.05, 4.69) is 0 Å². The third kappa shape index (κ3) is 3.49. The van der Waals surface area contributed by atoms with Crippen molar-refractivity contribution in [1.29, 1.82) is 0 Å². The fourth-order valence-corrected chi connectivity index (χ4v) is 4.18. The predicted molar refractivity (Wildman–Crippen MR) is 97.6 cm³/mol. The number of carbonyl (C=O) groups is 2. The first-order chi connectivity index (χ1) is 11.6. The van der Waals surface area contributed by atoms with Crippen LogP contribution in [0.2, 0.25) is 0 Å². The van der Waals surface area contributed by atoms with Crippen molar-refractivity contribution in [1.82, 2.24) is 4.90 Å². The van der Waals surface area contributed by atoms with Gasteiger partial charge in [-0.25, -0.2) is 4.79 Å². The van der Waals surface area contributed by atoms with Crippen LogP contribution in [0.5, 0.6) is 0 Å². The van der Waals surface area contributed by atoms with Crippen LogP contribution in [0.4, 0.5) is 0 Å². The highest BCUT2D eigenvalue weighted by atomic mass is 32.1. The Morgan fingerprint density at radius 1 is 1.21 bits per heavy atom. The molecule has 2 heterocycles. The van der Waals surface area contributed by atoms with E-state index >= 15 is 0 Å². The van der Waals surface area contributed by atoms with Gasteiger partial charge in [0, 0.05) is 18.3 Å². The third-order valence-electron chi connectivity index (χ3n) is 3.78. The van der Waals surface area contributed by atoms with E-state index in [9.17, 15) is 9.59 Å². The average molecular weight is 359 g/mol. The fraction of sp³-hybridized carbons (Fsp3) is 0.222. The molecular formula is C18H17NO3S2. The maximum Gasteiger partial charge on any atom is 0.349 e. The molecule has 0 aliphatic carbocycles. The normalized spacial score (nSPS) is 10.8. The minimum atomic E-state index is -0.439. The van der Waals surface area contributed by atoms with Crippen molar-refractivity contribution in [3.63, 3.8) is 0 Å². The highest BCUT2D eigenvalue weighted by Crippen LogP contribution is 2.30. The molecule has 1 amide bonds. The van der Waals surface area contributed by atoms with Crippen molar-refractivity contribution in [2.24, 2.45) is 0 Å². The van der Waals surface area contributed by atoms with Crippen LogP contribution < -0.4 is 0 Å². The van der Waals surface area contributed by atoms with Gasteiger partial charge in [-0.1, -0.05) is 18.2 Å². The van der Waals surface area contributed by atoms with Crippen molar-refractivity contribution in [2.75, 3.05) is 13.7 Å². The lowest BCUT2D eigenvalue weighted by Gasteiger charge is -2.16. The van der Waals surface area contributed by atoms with Gasteiger partial charge < -0.3 is 9.64 Å². The Morgan fingerprint density at radius 2 is 2.00 bits per heavy atom. The van der Waals surface area contributed by atoms with E-state index in [-0.39, 0.29) is 12.5 Å². The number of hydrogen-bond donors (Lipinski definition) is 0. The molecule has 3 aromatic rings. The molecule has 24 heavy (non-hydrogen) atoms. The van der Waals surface area contributed by atoms with E-state index in [0.717, 1.165) is 21.2 Å². The number of carbonyl (C=O) groups excluding carboxylic acids is 2. The lowest BCUT2D eigenvalue weighted by molar-refractivity contribution is -0.133. The van der Waals surface area contributed by atoms with Gasteiger partial charge in [0.25, 0.3) is 5.91 Å². The molecule has 1 aromatic carbocycles. The standard InChI is InChI=1S/C18H17NO3S2/c1-12-14-5-3-4-6-15(14)24-17(12)18(21)22-10-16(20)19(2)9-13-7-8-23-11-13/h3-8,11H,9-10H2,1-2H3. The van der Waals surface area contributed by atoms with Gasteiger partial charge in [0.1, 0.15) is 4.88 Å². The summed E-state index contributed by atoms with van der Waals surface area (Å²) >= 11 is 2.99. The number of hydrogen-bond acceptors (Lipinski definition) is 5. The molecular weight excluding hydrogens is 342 g/mol. The van der Waals surface area contributed by atoms with Crippen LogP contribution in [0, 0.1) is 6.92 Å². The number of ether oxygens (including phenoxy) is 1. The number of amides is 1. The Bertz CT molecular complexity index is 868. The second-order valence-corrected chi connectivity index (χ2v) is 7.34. The number of fused-ring (bicyclic) bond motifs is 1. The van der Waals surface area contributed by atoms with Gasteiger partial charge in [0.15, 0.2) is 6.61 Å². The largest absolute Gasteiger partial charge is 0.451 e. The summed E-state index contributed by atoms with van der Waals surface area (Å²) in [7, 11) is 1.71. The molecule has 3 rings (SSSR count). The molecule has 0 aliphatic rings. The van der Waals surface area contributed by atoms with Crippen molar-refractivity contribution in [3.05, 3.63) is 57.1 Å². The number of esters is 1. The molecule has 0 bridgehead atoms. The Morgan fingerprint density at radius 3 is 2.71 bits per heavy atom. The highest BCUT2D eigenvalue weighted by Gasteiger charge is 2.19. The van der Waals surface area contributed by atoms with Gasteiger partial charge in [0.05, 0.1) is 0 Å². The third-order valence-corrected chi connectivity index (χ3v) is 5.77. The maximum absolute atomic E-state index is 12.3. The van der Waals surface area contributed by atoms with Crippen LogP contribution in [0.3, 0.4) is 0 Å². The van der Waals surface area contributed by atoms with Crippen LogP contribution in [0.15, 0.2) is 41.1 Å². The van der Waals surface area contributed by atoms with Crippen molar-refractivity contribution in [3.8, 4) is 0 Å². The summed E-state index contributed by atoms with van der Waals surface area (Å²) in [6.45, 7) is 2.18. The van der Waals surface area contributed by atoms with E-state index in [1.54, 1.807) is 23.3 Å². The summed E-state index contributed by atoms with van der Waals surface area (Å²) in [4.78, 5) is 26.5. The van der Waals surface area contributed by atoms with Crippen LogP contribution in [-0.2, 0) is 16.1 Å². The first kappa shape index (κ1) is 16.7. The topological polar surface area (TPSA) is 46.6 Å². The van der Waals surface area contributed by atoms with Gasteiger partial charge in [0.2, 0.25) is 0 Å². The number of rotatable bonds is 5. The monoisotopic (exact) mass is 359 g/mol. The summed E-state index contributed by atoms with van der Waals surface area (Å²) in [6.07, 6.45) is 0. The van der Waals surface area contributed by atoms with E-state index < -0.39 is 5.97 Å². The predicted octanol–water partition coefficient (Wildman–Crippen LogP) is 4.09. The zero-order chi connectivity index (χ0) is 17.1. The molecule has 0 radical (unpaired) electrons. The van der Waals surface area contributed by atoms with Crippen LogP contribution in [-0.4, -0.2) is 30.4 Å². The summed E-state index contributed by atoms with van der Waals surface area (Å²) in [5, 5.41) is 5.02. The molecule has 0 spiro atoms. The van der Waals surface area contributed by atoms with Gasteiger partial charge in [-0.05, 0) is 46.3 Å². The number of aryl methyl sites for hydroxylation is 1. The van der Waals surface area contributed by atoms with E-state index in [4.69, 9.17) is 4.74 Å². The van der Waals surface area contributed by atoms with Gasteiger partial charge in [-0.3, -0.25) is 4.79 Å². The molecule has 6 heteroatoms. The molecule has 124 valence electrons. The molecule has 0 saturated carbocycles. The average Bonchev–Trinajstić information content (AvgIpc) is 3.20. The number of likely N-dealkylation sites (N-methyl/N-ethyl adjacent to an activating group) is 1. The first-order valence-corrected chi connectivity index (χ1v) is 9.22. The molecule has 0 unspecified atom stereocenters. The summed E-state index contributed by atoms with van der Waals surface area (Å²) in [6, 6.07) is 9.82. The Labute approximate surface area is 148 Å². The molecule has 4 nitrogen and oxygen atoms in total. The Hall–Kier alpha value is -2.18. The summed E-state index contributed by atoms with van der Waals surface area (Å²) in [5.74, 6) is -0.653. The number of nitrogens with zero attached hydrogens (tertiary/aromatic N) is 1. The zero-order valence-electron chi connectivity index (χ0n) is 13.4. The summed E-state index contributed by atoms with van der Waals surface area (Å²) in [5.41, 5.74) is 1.97. The highest BCUT2D eigenvalue weighted by molar-refractivity contribution is 7.21. The maximum atomic E-state index is 12.3. The molecule has 0 fully saturated rings.